The lowest BCUT2D eigenvalue weighted by molar-refractivity contribution is 0.766. The lowest BCUT2D eigenvalue weighted by atomic mass is 10.2. The monoisotopic (exact) mass is 239 g/mol. The Bertz CT molecular complexity index is 729. The molecule has 90 valence electrons. The van der Waals surface area contributed by atoms with Crippen molar-refractivity contribution < 1.29 is 0 Å². The van der Waals surface area contributed by atoms with Crippen molar-refractivity contribution in [3.05, 3.63) is 42.0 Å². The molecule has 0 fully saturated rings. The first-order valence-electron chi connectivity index (χ1n) is 5.62. The maximum Gasteiger partial charge on any atom is 0.115 e. The fourth-order valence-electron chi connectivity index (χ4n) is 1.80. The SMILES string of the molecule is Cc1ccc(-n2nc3ccc(N)cc3n2)cc1N. The van der Waals surface area contributed by atoms with Crippen LogP contribution < -0.4 is 11.5 Å². The smallest absolute Gasteiger partial charge is 0.115 e. The first-order chi connectivity index (χ1) is 8.63. The molecular formula is C13H13N5. The Kier molecular flexibility index (Phi) is 2.19. The van der Waals surface area contributed by atoms with Gasteiger partial charge in [0.25, 0.3) is 0 Å². The number of hydrogen-bond acceptors (Lipinski definition) is 4. The van der Waals surface area contributed by atoms with Crippen LogP contribution >= 0.6 is 0 Å². The van der Waals surface area contributed by atoms with Crippen LogP contribution in [0.25, 0.3) is 16.7 Å². The number of aromatic nitrogens is 3. The van der Waals surface area contributed by atoms with E-state index < -0.39 is 0 Å². The van der Waals surface area contributed by atoms with E-state index in [1.807, 2.05) is 37.3 Å². The largest absolute Gasteiger partial charge is 0.399 e. The van der Waals surface area contributed by atoms with Gasteiger partial charge in [-0.2, -0.15) is 4.80 Å². The van der Waals surface area contributed by atoms with Crippen molar-refractivity contribution in [3.63, 3.8) is 0 Å². The molecule has 0 spiro atoms. The maximum absolute atomic E-state index is 5.89. The third-order valence-electron chi connectivity index (χ3n) is 2.90. The zero-order valence-electron chi connectivity index (χ0n) is 9.96. The Hall–Kier alpha value is -2.56. The number of rotatable bonds is 1. The van der Waals surface area contributed by atoms with Crippen LogP contribution in [0.5, 0.6) is 0 Å². The van der Waals surface area contributed by atoms with E-state index in [1.165, 1.54) is 0 Å². The van der Waals surface area contributed by atoms with E-state index in [0.29, 0.717) is 5.69 Å². The Labute approximate surface area is 104 Å². The van der Waals surface area contributed by atoms with Crippen LogP contribution in [-0.4, -0.2) is 15.0 Å². The topological polar surface area (TPSA) is 82.8 Å². The molecule has 0 aliphatic heterocycles. The number of nitrogen functional groups attached to an aromatic ring is 2. The van der Waals surface area contributed by atoms with Gasteiger partial charge in [0.2, 0.25) is 0 Å². The molecule has 18 heavy (non-hydrogen) atoms. The van der Waals surface area contributed by atoms with Crippen LogP contribution in [0.3, 0.4) is 0 Å². The average molecular weight is 239 g/mol. The van der Waals surface area contributed by atoms with Gasteiger partial charge in [0.15, 0.2) is 0 Å². The van der Waals surface area contributed by atoms with Crippen LogP contribution in [0.15, 0.2) is 36.4 Å². The third kappa shape index (κ3) is 1.66. The molecule has 1 aromatic heterocycles. The number of nitrogens with two attached hydrogens (primary N) is 2. The quantitative estimate of drug-likeness (QED) is 0.635. The van der Waals surface area contributed by atoms with Gasteiger partial charge in [0, 0.05) is 11.4 Å². The molecule has 0 saturated carbocycles. The molecule has 0 aliphatic carbocycles. The van der Waals surface area contributed by atoms with Gasteiger partial charge in [-0.1, -0.05) is 6.07 Å². The number of nitrogens with zero attached hydrogens (tertiary/aromatic N) is 3. The van der Waals surface area contributed by atoms with E-state index >= 15 is 0 Å². The van der Waals surface area contributed by atoms with E-state index in [-0.39, 0.29) is 0 Å². The lowest BCUT2D eigenvalue weighted by Crippen LogP contribution is -2.00. The predicted molar refractivity (Wildman–Crippen MR) is 72.4 cm³/mol. The van der Waals surface area contributed by atoms with E-state index in [0.717, 1.165) is 28.0 Å². The predicted octanol–water partition coefficient (Wildman–Crippen LogP) is 1.89. The molecule has 4 N–H and O–H groups in total. The first kappa shape index (κ1) is 10.6. The van der Waals surface area contributed by atoms with Gasteiger partial charge in [-0.05, 0) is 42.8 Å². The molecular weight excluding hydrogens is 226 g/mol. The minimum atomic E-state index is 0.679. The average Bonchev–Trinajstić information content (AvgIpc) is 2.75. The normalized spacial score (nSPS) is 10.9. The van der Waals surface area contributed by atoms with Crippen molar-refractivity contribution in [2.75, 3.05) is 11.5 Å². The number of hydrogen-bond donors (Lipinski definition) is 2. The lowest BCUT2D eigenvalue weighted by Gasteiger charge is -2.03. The molecule has 0 bridgehead atoms. The van der Waals surface area contributed by atoms with Crippen LogP contribution in [0.4, 0.5) is 11.4 Å². The van der Waals surface area contributed by atoms with E-state index in [1.54, 1.807) is 10.9 Å². The van der Waals surface area contributed by atoms with Crippen molar-refractivity contribution >= 4 is 22.4 Å². The summed E-state index contributed by atoms with van der Waals surface area (Å²) in [6, 6.07) is 11.2. The standard InChI is InChI=1S/C13H13N5/c1-8-2-4-10(7-11(8)15)18-16-12-5-3-9(14)6-13(12)17-18/h2-7H,14-15H2,1H3. The molecule has 2 aromatic carbocycles. The second-order valence-corrected chi connectivity index (χ2v) is 4.28. The van der Waals surface area contributed by atoms with Gasteiger partial charge in [-0.15, -0.1) is 10.2 Å². The second-order valence-electron chi connectivity index (χ2n) is 4.28. The summed E-state index contributed by atoms with van der Waals surface area (Å²) in [6.07, 6.45) is 0. The van der Waals surface area contributed by atoms with Gasteiger partial charge in [-0.25, -0.2) is 0 Å². The molecule has 0 saturated heterocycles. The van der Waals surface area contributed by atoms with Gasteiger partial charge >= 0.3 is 0 Å². The van der Waals surface area contributed by atoms with Crippen LogP contribution in [0, 0.1) is 6.92 Å². The van der Waals surface area contributed by atoms with Gasteiger partial charge in [0.05, 0.1) is 5.69 Å². The molecule has 0 unspecified atom stereocenters. The highest BCUT2D eigenvalue weighted by Gasteiger charge is 2.05. The molecule has 0 amide bonds. The van der Waals surface area contributed by atoms with Gasteiger partial charge < -0.3 is 11.5 Å². The van der Waals surface area contributed by atoms with Crippen molar-refractivity contribution in [3.8, 4) is 5.69 Å². The van der Waals surface area contributed by atoms with Crippen LogP contribution in [0.1, 0.15) is 5.56 Å². The minimum Gasteiger partial charge on any atom is -0.399 e. The summed E-state index contributed by atoms with van der Waals surface area (Å²) in [5.74, 6) is 0. The summed E-state index contributed by atoms with van der Waals surface area (Å²) in [5.41, 5.74) is 16.5. The highest BCUT2D eigenvalue weighted by molar-refractivity contribution is 5.77. The van der Waals surface area contributed by atoms with Crippen molar-refractivity contribution in [1.29, 1.82) is 0 Å². The summed E-state index contributed by atoms with van der Waals surface area (Å²) in [5, 5.41) is 8.77. The zero-order chi connectivity index (χ0) is 12.7. The van der Waals surface area contributed by atoms with Crippen LogP contribution in [0.2, 0.25) is 0 Å². The van der Waals surface area contributed by atoms with Gasteiger partial charge in [0.1, 0.15) is 11.0 Å². The Balaban J connectivity index is 2.16. The van der Waals surface area contributed by atoms with E-state index in [4.69, 9.17) is 11.5 Å². The van der Waals surface area contributed by atoms with Gasteiger partial charge in [-0.3, -0.25) is 0 Å². The highest BCUT2D eigenvalue weighted by Crippen LogP contribution is 2.18. The summed E-state index contributed by atoms with van der Waals surface area (Å²) in [7, 11) is 0. The molecule has 0 atom stereocenters. The maximum atomic E-state index is 5.89. The minimum absolute atomic E-state index is 0.679. The molecule has 0 aliphatic rings. The third-order valence-corrected chi connectivity index (χ3v) is 2.90. The second kappa shape index (κ2) is 3.73. The highest BCUT2D eigenvalue weighted by atomic mass is 15.5. The molecule has 5 heteroatoms. The van der Waals surface area contributed by atoms with Crippen LogP contribution in [-0.2, 0) is 0 Å². The van der Waals surface area contributed by atoms with Crippen molar-refractivity contribution in [2.24, 2.45) is 0 Å². The zero-order valence-corrected chi connectivity index (χ0v) is 9.96. The summed E-state index contributed by atoms with van der Waals surface area (Å²) in [4.78, 5) is 1.57. The van der Waals surface area contributed by atoms with E-state index in [2.05, 4.69) is 10.2 Å². The Morgan fingerprint density at radius 3 is 2.50 bits per heavy atom. The molecule has 3 rings (SSSR count). The fourth-order valence-corrected chi connectivity index (χ4v) is 1.80. The van der Waals surface area contributed by atoms with Crippen molar-refractivity contribution in [2.45, 2.75) is 6.92 Å². The Morgan fingerprint density at radius 1 is 0.944 bits per heavy atom. The number of aryl methyl sites for hydroxylation is 1. The molecule has 3 aromatic rings. The Morgan fingerprint density at radius 2 is 1.72 bits per heavy atom. The number of fused-ring (bicyclic) bond motifs is 1. The summed E-state index contributed by atoms with van der Waals surface area (Å²) in [6.45, 7) is 1.97. The first-order valence-corrected chi connectivity index (χ1v) is 5.62. The summed E-state index contributed by atoms with van der Waals surface area (Å²) < 4.78 is 0. The van der Waals surface area contributed by atoms with Crippen molar-refractivity contribution in [1.82, 2.24) is 15.0 Å². The molecule has 0 radical (unpaired) electrons. The number of anilines is 2. The number of benzene rings is 2. The molecule has 5 nitrogen and oxygen atoms in total. The fraction of sp³-hybridized carbons (Fsp3) is 0.0769. The van der Waals surface area contributed by atoms with E-state index in [9.17, 15) is 0 Å². The molecule has 1 heterocycles. The summed E-state index contributed by atoms with van der Waals surface area (Å²) >= 11 is 0.